The fraction of sp³-hybridized carbons (Fsp3) is 0.364. The minimum absolute atomic E-state index is 0.183. The number of fused-ring (bicyclic) bond motifs is 8. The van der Waals surface area contributed by atoms with E-state index in [9.17, 15) is 0 Å². The first kappa shape index (κ1) is 16.1. The third-order valence-electron chi connectivity index (χ3n) is 6.17. The highest BCUT2D eigenvalue weighted by Gasteiger charge is 2.36. The van der Waals surface area contributed by atoms with Gasteiger partial charge in [0.05, 0.1) is 5.69 Å². The van der Waals surface area contributed by atoms with Gasteiger partial charge in [-0.3, -0.25) is 4.90 Å². The summed E-state index contributed by atoms with van der Waals surface area (Å²) in [6.07, 6.45) is 6.23. The first-order valence-corrected chi connectivity index (χ1v) is 9.95. The maximum atomic E-state index is 6.18. The lowest BCUT2D eigenvalue weighted by Gasteiger charge is -2.43. The largest absolute Gasteiger partial charge is 0.458 e. The van der Waals surface area contributed by atoms with Crippen molar-refractivity contribution in [2.75, 3.05) is 19.6 Å². The quantitative estimate of drug-likeness (QED) is 0.550. The molecule has 3 fully saturated rings. The summed E-state index contributed by atoms with van der Waals surface area (Å²) in [7, 11) is 0. The van der Waals surface area contributed by atoms with E-state index in [2.05, 4.69) is 45.0 Å². The molecule has 6 heteroatoms. The molecule has 6 nitrogen and oxygen atoms in total. The van der Waals surface area contributed by atoms with Crippen molar-refractivity contribution in [2.45, 2.75) is 25.9 Å². The summed E-state index contributed by atoms with van der Waals surface area (Å²) in [4.78, 5) is 20.8. The van der Waals surface area contributed by atoms with Crippen molar-refractivity contribution in [2.24, 2.45) is 5.92 Å². The monoisotopic (exact) mass is 371 g/mol. The van der Waals surface area contributed by atoms with E-state index < -0.39 is 0 Å². The molecular weight excluding hydrogens is 350 g/mol. The lowest BCUT2D eigenvalue weighted by atomic mass is 9.86. The lowest BCUT2D eigenvalue weighted by molar-refractivity contribution is -0.0123. The molecule has 3 aromatic rings. The summed E-state index contributed by atoms with van der Waals surface area (Å²) in [5.74, 6) is 1.23. The van der Waals surface area contributed by atoms with Gasteiger partial charge in [0.1, 0.15) is 11.8 Å². The molecule has 0 N–H and O–H groups in total. The molecule has 0 unspecified atom stereocenters. The maximum Gasteiger partial charge on any atom is 0.317 e. The van der Waals surface area contributed by atoms with Gasteiger partial charge in [0, 0.05) is 30.1 Å². The fourth-order valence-electron chi connectivity index (χ4n) is 4.71. The van der Waals surface area contributed by atoms with Crippen molar-refractivity contribution >= 4 is 0 Å². The molecule has 0 saturated carbocycles. The molecule has 7 rings (SSSR count). The van der Waals surface area contributed by atoms with Gasteiger partial charge < -0.3 is 4.74 Å². The van der Waals surface area contributed by atoms with Crippen LogP contribution in [0.1, 0.15) is 18.4 Å². The van der Waals surface area contributed by atoms with Gasteiger partial charge in [-0.1, -0.05) is 6.07 Å². The Hall–Kier alpha value is -2.86. The number of hydrogen-bond donors (Lipinski definition) is 0. The Morgan fingerprint density at radius 2 is 1.89 bits per heavy atom. The number of aryl methyl sites for hydroxylation is 1. The van der Waals surface area contributed by atoms with Crippen LogP contribution in [0.25, 0.3) is 33.9 Å². The molecule has 1 aromatic carbocycles. The Morgan fingerprint density at radius 1 is 1.04 bits per heavy atom. The molecule has 3 aliphatic heterocycles. The Bertz CT molecular complexity index is 1070. The normalized spacial score (nSPS) is 24.2. The average Bonchev–Trinajstić information content (AvgIpc) is 2.99. The Balaban J connectivity index is 1.30. The number of aromatic nitrogens is 4. The van der Waals surface area contributed by atoms with E-state index in [1.807, 2.05) is 12.3 Å². The van der Waals surface area contributed by atoms with Crippen LogP contribution in [0, 0.1) is 12.8 Å². The molecule has 28 heavy (non-hydrogen) atoms. The zero-order valence-electron chi connectivity index (χ0n) is 15.8. The summed E-state index contributed by atoms with van der Waals surface area (Å²) in [5.41, 5.74) is 6.33. The topological polar surface area (TPSA) is 64.0 Å². The predicted octanol–water partition coefficient (Wildman–Crippen LogP) is 3.36. The van der Waals surface area contributed by atoms with E-state index in [0.29, 0.717) is 23.4 Å². The number of hydrogen-bond acceptors (Lipinski definition) is 6. The first-order valence-electron chi connectivity index (χ1n) is 9.95. The molecule has 0 radical (unpaired) electrons. The second-order valence-electron chi connectivity index (χ2n) is 8.06. The fourth-order valence-corrected chi connectivity index (χ4v) is 4.71. The molecule has 1 atom stereocenters. The minimum Gasteiger partial charge on any atom is -0.458 e. The van der Waals surface area contributed by atoms with Crippen LogP contribution in [0.2, 0.25) is 0 Å². The molecule has 3 saturated heterocycles. The molecule has 4 aliphatic rings. The zero-order valence-corrected chi connectivity index (χ0v) is 15.8. The van der Waals surface area contributed by atoms with Crippen molar-refractivity contribution in [3.63, 3.8) is 0 Å². The highest BCUT2D eigenvalue weighted by Crippen LogP contribution is 2.40. The summed E-state index contributed by atoms with van der Waals surface area (Å²) in [5, 5.41) is 0. The van der Waals surface area contributed by atoms with E-state index >= 15 is 0 Å². The summed E-state index contributed by atoms with van der Waals surface area (Å²) in [6, 6.07) is 8.77. The van der Waals surface area contributed by atoms with Crippen LogP contribution >= 0.6 is 0 Å². The standard InChI is InChI=1S/C22H21N5O/c1-13-8-15-10-16(9-13)20-17(15)11-24-21(26-20)18-2-5-23-22(25-18)28-19-12-27-6-3-14(19)4-7-27/h2,5,8-11,14,19H,3-4,6-7,12H2,1H3/t19-/m0/s1. The van der Waals surface area contributed by atoms with Crippen LogP contribution in [0.15, 0.2) is 36.7 Å². The zero-order chi connectivity index (χ0) is 18.7. The molecule has 0 amide bonds. The number of rotatable bonds is 3. The van der Waals surface area contributed by atoms with Crippen LogP contribution in [-0.4, -0.2) is 50.6 Å². The number of benzene rings is 1. The van der Waals surface area contributed by atoms with Crippen molar-refractivity contribution in [1.29, 1.82) is 0 Å². The molecule has 5 heterocycles. The van der Waals surface area contributed by atoms with E-state index in [-0.39, 0.29) is 6.10 Å². The van der Waals surface area contributed by atoms with Gasteiger partial charge in [-0.2, -0.15) is 4.98 Å². The van der Waals surface area contributed by atoms with Crippen LogP contribution in [0.4, 0.5) is 0 Å². The van der Waals surface area contributed by atoms with Crippen molar-refractivity contribution in [3.05, 3.63) is 42.2 Å². The smallest absolute Gasteiger partial charge is 0.317 e. The van der Waals surface area contributed by atoms with Crippen molar-refractivity contribution < 1.29 is 4.74 Å². The molecule has 140 valence electrons. The van der Waals surface area contributed by atoms with Gasteiger partial charge in [0.2, 0.25) is 0 Å². The van der Waals surface area contributed by atoms with Gasteiger partial charge in [-0.15, -0.1) is 0 Å². The van der Waals surface area contributed by atoms with Gasteiger partial charge >= 0.3 is 6.01 Å². The van der Waals surface area contributed by atoms with Gasteiger partial charge in [-0.25, -0.2) is 15.0 Å². The predicted molar refractivity (Wildman–Crippen MR) is 106 cm³/mol. The molecule has 0 spiro atoms. The SMILES string of the molecule is Cc1cc2cc(c1)-c1nc(-c3ccnc(O[C@H]4CN5CCC4CC5)n3)ncc1-2. The van der Waals surface area contributed by atoms with Gasteiger partial charge in [0.25, 0.3) is 0 Å². The highest BCUT2D eigenvalue weighted by atomic mass is 16.5. The molecular formula is C22H21N5O. The van der Waals surface area contributed by atoms with Crippen molar-refractivity contribution in [3.8, 4) is 39.9 Å². The first-order chi connectivity index (χ1) is 13.7. The summed E-state index contributed by atoms with van der Waals surface area (Å²) in [6.45, 7) is 5.46. The molecule has 1 aliphatic carbocycles. The van der Waals surface area contributed by atoms with E-state index in [4.69, 9.17) is 9.72 Å². The number of ether oxygens (including phenoxy) is 1. The van der Waals surface area contributed by atoms with E-state index in [1.165, 1.54) is 37.1 Å². The lowest BCUT2D eigenvalue weighted by Crippen LogP contribution is -2.52. The van der Waals surface area contributed by atoms with Crippen LogP contribution < -0.4 is 4.74 Å². The molecule has 2 aromatic heterocycles. The minimum atomic E-state index is 0.183. The second kappa shape index (κ2) is 6.07. The van der Waals surface area contributed by atoms with E-state index in [0.717, 1.165) is 23.4 Å². The Labute approximate surface area is 163 Å². The maximum absolute atomic E-state index is 6.18. The van der Waals surface area contributed by atoms with E-state index in [1.54, 1.807) is 6.20 Å². The number of piperidine rings is 3. The molecule has 4 bridgehead atoms. The van der Waals surface area contributed by atoms with Crippen molar-refractivity contribution in [1.82, 2.24) is 24.8 Å². The van der Waals surface area contributed by atoms with Gasteiger partial charge in [0.15, 0.2) is 5.82 Å². The van der Waals surface area contributed by atoms with Crippen LogP contribution in [0.3, 0.4) is 0 Å². The van der Waals surface area contributed by atoms with Crippen LogP contribution in [-0.2, 0) is 0 Å². The van der Waals surface area contributed by atoms with Gasteiger partial charge in [-0.05, 0) is 68.1 Å². The number of nitrogens with zero attached hydrogens (tertiary/aromatic N) is 5. The third kappa shape index (κ3) is 2.59. The Morgan fingerprint density at radius 3 is 2.71 bits per heavy atom. The Kier molecular flexibility index (Phi) is 3.50. The summed E-state index contributed by atoms with van der Waals surface area (Å²) < 4.78 is 6.18. The average molecular weight is 371 g/mol. The van der Waals surface area contributed by atoms with Crippen LogP contribution in [0.5, 0.6) is 6.01 Å². The highest BCUT2D eigenvalue weighted by molar-refractivity contribution is 5.89. The second-order valence-corrected chi connectivity index (χ2v) is 8.06. The third-order valence-corrected chi connectivity index (χ3v) is 6.17. The summed E-state index contributed by atoms with van der Waals surface area (Å²) >= 11 is 0.